The first kappa shape index (κ1) is 13.4. The van der Waals surface area contributed by atoms with Crippen LogP contribution in [-0.4, -0.2) is 12.2 Å². The molecule has 2 aromatic carbocycles. The van der Waals surface area contributed by atoms with Gasteiger partial charge >= 0.3 is 0 Å². The van der Waals surface area contributed by atoms with Crippen molar-refractivity contribution in [2.75, 3.05) is 7.11 Å². The van der Waals surface area contributed by atoms with E-state index in [0.717, 1.165) is 20.4 Å². The van der Waals surface area contributed by atoms with Gasteiger partial charge in [0.05, 0.1) is 13.2 Å². The molecule has 1 N–H and O–H groups in total. The van der Waals surface area contributed by atoms with E-state index in [1.54, 1.807) is 7.11 Å². The molecule has 94 valence electrons. The number of ether oxygens (including phenoxy) is 1. The van der Waals surface area contributed by atoms with E-state index in [9.17, 15) is 5.11 Å². The number of hydrogen-bond donors (Lipinski definition) is 1. The normalized spacial score (nSPS) is 12.2. The number of aliphatic hydroxyl groups is 1. The van der Waals surface area contributed by atoms with Crippen LogP contribution in [0.25, 0.3) is 0 Å². The summed E-state index contributed by atoms with van der Waals surface area (Å²) in [5.41, 5.74) is 1.98. The minimum Gasteiger partial charge on any atom is -0.496 e. The second-order valence-electron chi connectivity index (χ2n) is 4.05. The highest BCUT2D eigenvalue weighted by Crippen LogP contribution is 2.27. The van der Waals surface area contributed by atoms with Crippen LogP contribution >= 0.6 is 22.6 Å². The Morgan fingerprint density at radius 2 is 1.78 bits per heavy atom. The molecular formula is C15H15IO2. The van der Waals surface area contributed by atoms with Gasteiger partial charge in [0.25, 0.3) is 0 Å². The topological polar surface area (TPSA) is 29.5 Å². The lowest BCUT2D eigenvalue weighted by molar-refractivity contribution is 0.176. The van der Waals surface area contributed by atoms with E-state index in [2.05, 4.69) is 22.6 Å². The van der Waals surface area contributed by atoms with Gasteiger partial charge in [0.1, 0.15) is 5.75 Å². The van der Waals surface area contributed by atoms with Crippen molar-refractivity contribution in [2.45, 2.75) is 12.5 Å². The maximum absolute atomic E-state index is 10.3. The lowest BCUT2D eigenvalue weighted by atomic mass is 10.0. The fourth-order valence-electron chi connectivity index (χ4n) is 1.94. The maximum atomic E-state index is 10.3. The number of para-hydroxylation sites is 1. The van der Waals surface area contributed by atoms with Crippen LogP contribution in [-0.2, 0) is 6.42 Å². The van der Waals surface area contributed by atoms with Gasteiger partial charge in [0, 0.05) is 9.99 Å². The maximum Gasteiger partial charge on any atom is 0.122 e. The first-order chi connectivity index (χ1) is 8.72. The third-order valence-electron chi connectivity index (χ3n) is 2.87. The highest BCUT2D eigenvalue weighted by atomic mass is 127. The third-order valence-corrected chi connectivity index (χ3v) is 3.85. The molecule has 0 radical (unpaired) electrons. The highest BCUT2D eigenvalue weighted by Gasteiger charge is 2.13. The zero-order valence-electron chi connectivity index (χ0n) is 10.1. The molecule has 0 saturated heterocycles. The highest BCUT2D eigenvalue weighted by molar-refractivity contribution is 14.1. The number of aliphatic hydroxyl groups excluding tert-OH is 1. The predicted octanol–water partition coefficient (Wildman–Crippen LogP) is 3.58. The average Bonchev–Trinajstić information content (AvgIpc) is 2.39. The standard InChI is InChI=1S/C15H15IO2/c1-18-15-9-5-2-6-11(15)10-14(17)12-7-3-4-8-13(12)16/h2-9,14,17H,10H2,1H3. The number of methoxy groups -OCH3 is 1. The fourth-order valence-corrected chi connectivity index (χ4v) is 2.68. The van der Waals surface area contributed by atoms with Gasteiger partial charge in [-0.15, -0.1) is 0 Å². The van der Waals surface area contributed by atoms with Crippen LogP contribution in [0.3, 0.4) is 0 Å². The molecule has 0 heterocycles. The summed E-state index contributed by atoms with van der Waals surface area (Å²) in [6.45, 7) is 0. The van der Waals surface area contributed by atoms with Gasteiger partial charge in [-0.05, 0) is 45.9 Å². The van der Waals surface area contributed by atoms with Gasteiger partial charge in [-0.3, -0.25) is 0 Å². The van der Waals surface area contributed by atoms with E-state index < -0.39 is 6.10 Å². The summed E-state index contributed by atoms with van der Waals surface area (Å²) in [4.78, 5) is 0. The Hall–Kier alpha value is -1.07. The molecule has 2 nitrogen and oxygen atoms in total. The zero-order chi connectivity index (χ0) is 13.0. The van der Waals surface area contributed by atoms with E-state index in [1.165, 1.54) is 0 Å². The molecular weight excluding hydrogens is 339 g/mol. The van der Waals surface area contributed by atoms with Crippen LogP contribution in [0.15, 0.2) is 48.5 Å². The van der Waals surface area contributed by atoms with E-state index in [1.807, 2.05) is 48.5 Å². The molecule has 0 spiro atoms. The summed E-state index contributed by atoms with van der Waals surface area (Å²) in [5.74, 6) is 0.822. The molecule has 0 amide bonds. The Kier molecular flexibility index (Phi) is 4.60. The van der Waals surface area contributed by atoms with Gasteiger partial charge < -0.3 is 9.84 Å². The third kappa shape index (κ3) is 3.03. The molecule has 0 bridgehead atoms. The summed E-state index contributed by atoms with van der Waals surface area (Å²) in [7, 11) is 1.65. The molecule has 2 aromatic rings. The van der Waals surface area contributed by atoms with Crippen LogP contribution in [0.2, 0.25) is 0 Å². The van der Waals surface area contributed by atoms with Gasteiger partial charge in [-0.1, -0.05) is 36.4 Å². The van der Waals surface area contributed by atoms with Gasteiger partial charge in [0.2, 0.25) is 0 Å². The van der Waals surface area contributed by atoms with Crippen molar-refractivity contribution >= 4 is 22.6 Å². The fraction of sp³-hybridized carbons (Fsp3) is 0.200. The second kappa shape index (κ2) is 6.20. The molecule has 1 unspecified atom stereocenters. The Balaban J connectivity index is 2.21. The number of hydrogen-bond acceptors (Lipinski definition) is 2. The molecule has 18 heavy (non-hydrogen) atoms. The SMILES string of the molecule is COc1ccccc1CC(O)c1ccccc1I. The van der Waals surface area contributed by atoms with Crippen molar-refractivity contribution in [3.05, 3.63) is 63.2 Å². The summed E-state index contributed by atoms with van der Waals surface area (Å²) >= 11 is 2.25. The van der Waals surface area contributed by atoms with Crippen molar-refractivity contribution in [1.29, 1.82) is 0 Å². The largest absolute Gasteiger partial charge is 0.496 e. The number of rotatable bonds is 4. The number of benzene rings is 2. The molecule has 0 fully saturated rings. The predicted molar refractivity (Wildman–Crippen MR) is 80.8 cm³/mol. The number of halogens is 1. The van der Waals surface area contributed by atoms with Crippen molar-refractivity contribution in [3.8, 4) is 5.75 Å². The van der Waals surface area contributed by atoms with Crippen molar-refractivity contribution in [2.24, 2.45) is 0 Å². The van der Waals surface area contributed by atoms with Crippen LogP contribution in [0.5, 0.6) is 5.75 Å². The quantitative estimate of drug-likeness (QED) is 0.851. The monoisotopic (exact) mass is 354 g/mol. The second-order valence-corrected chi connectivity index (χ2v) is 5.22. The summed E-state index contributed by atoms with van der Waals surface area (Å²) in [5, 5.41) is 10.3. The Labute approximate surface area is 121 Å². The molecule has 3 heteroatoms. The summed E-state index contributed by atoms with van der Waals surface area (Å²) in [6.07, 6.45) is 0.0544. The average molecular weight is 354 g/mol. The van der Waals surface area contributed by atoms with Crippen LogP contribution in [0, 0.1) is 3.57 Å². The smallest absolute Gasteiger partial charge is 0.122 e. The Morgan fingerprint density at radius 3 is 2.50 bits per heavy atom. The van der Waals surface area contributed by atoms with Crippen molar-refractivity contribution in [3.63, 3.8) is 0 Å². The van der Waals surface area contributed by atoms with Crippen LogP contribution in [0.1, 0.15) is 17.2 Å². The van der Waals surface area contributed by atoms with Gasteiger partial charge in [0.15, 0.2) is 0 Å². The first-order valence-electron chi connectivity index (χ1n) is 5.76. The van der Waals surface area contributed by atoms with Crippen LogP contribution in [0.4, 0.5) is 0 Å². The Morgan fingerprint density at radius 1 is 1.11 bits per heavy atom. The van der Waals surface area contributed by atoms with Crippen molar-refractivity contribution < 1.29 is 9.84 Å². The summed E-state index contributed by atoms with van der Waals surface area (Å²) < 4.78 is 6.38. The molecule has 0 aliphatic heterocycles. The molecule has 0 aliphatic rings. The lowest BCUT2D eigenvalue weighted by Crippen LogP contribution is -2.05. The Bertz CT molecular complexity index is 525. The molecule has 0 aliphatic carbocycles. The molecule has 2 rings (SSSR count). The van der Waals surface area contributed by atoms with E-state index in [0.29, 0.717) is 6.42 Å². The van der Waals surface area contributed by atoms with E-state index >= 15 is 0 Å². The zero-order valence-corrected chi connectivity index (χ0v) is 12.3. The molecule has 1 atom stereocenters. The van der Waals surface area contributed by atoms with E-state index in [4.69, 9.17) is 4.74 Å². The van der Waals surface area contributed by atoms with E-state index in [-0.39, 0.29) is 0 Å². The van der Waals surface area contributed by atoms with Crippen LogP contribution < -0.4 is 4.74 Å². The summed E-state index contributed by atoms with van der Waals surface area (Å²) in [6, 6.07) is 15.7. The van der Waals surface area contributed by atoms with Gasteiger partial charge in [-0.25, -0.2) is 0 Å². The van der Waals surface area contributed by atoms with Gasteiger partial charge in [-0.2, -0.15) is 0 Å². The lowest BCUT2D eigenvalue weighted by Gasteiger charge is -2.15. The molecule has 0 aromatic heterocycles. The minimum atomic E-state index is -0.505. The molecule has 0 saturated carbocycles. The first-order valence-corrected chi connectivity index (χ1v) is 6.84. The van der Waals surface area contributed by atoms with Crippen molar-refractivity contribution in [1.82, 2.24) is 0 Å². The minimum absolute atomic E-state index is 0.505.